The summed E-state index contributed by atoms with van der Waals surface area (Å²) in [6.45, 7) is 0.712. The molecule has 118 valence electrons. The Kier molecular flexibility index (Phi) is 3.98. The number of aromatic hydroxyl groups is 1. The number of phenolic OH excluding ortho intramolecular Hbond substituents is 1. The number of ether oxygens (including phenoxy) is 1. The van der Waals surface area contributed by atoms with E-state index >= 15 is 0 Å². The molecular weight excluding hydrogens is 288 g/mol. The van der Waals surface area contributed by atoms with Gasteiger partial charge in [0.1, 0.15) is 0 Å². The normalized spacial score (nSPS) is 27.2. The zero-order valence-corrected chi connectivity index (χ0v) is 12.0. The highest BCUT2D eigenvalue weighted by molar-refractivity contribution is 5.98. The van der Waals surface area contributed by atoms with Crippen molar-refractivity contribution in [2.75, 3.05) is 6.61 Å². The lowest BCUT2D eigenvalue weighted by Gasteiger charge is -2.33. The maximum absolute atomic E-state index is 12.4. The number of benzene rings is 1. The number of phenols is 1. The van der Waals surface area contributed by atoms with Gasteiger partial charge < -0.3 is 15.2 Å². The molecule has 1 amide bonds. The van der Waals surface area contributed by atoms with E-state index in [0.717, 1.165) is 25.7 Å². The smallest absolute Gasteiger partial charge is 0.311 e. The van der Waals surface area contributed by atoms with E-state index in [0.29, 0.717) is 12.5 Å². The molecule has 1 aromatic rings. The highest BCUT2D eigenvalue weighted by Crippen LogP contribution is 2.35. The van der Waals surface area contributed by atoms with Gasteiger partial charge in [0.25, 0.3) is 5.91 Å². The third-order valence-corrected chi connectivity index (χ3v) is 4.55. The largest absolute Gasteiger partial charge is 0.502 e. The van der Waals surface area contributed by atoms with Gasteiger partial charge >= 0.3 is 5.69 Å². The monoisotopic (exact) mass is 306 g/mol. The van der Waals surface area contributed by atoms with Crippen molar-refractivity contribution in [3.63, 3.8) is 0 Å². The number of hydrogen-bond acceptors (Lipinski definition) is 5. The Hall–Kier alpha value is -2.15. The zero-order valence-electron chi connectivity index (χ0n) is 12.0. The molecule has 0 spiro atoms. The molecule has 22 heavy (non-hydrogen) atoms. The fourth-order valence-electron chi connectivity index (χ4n) is 3.46. The van der Waals surface area contributed by atoms with Gasteiger partial charge in [-0.3, -0.25) is 14.9 Å². The van der Waals surface area contributed by atoms with E-state index in [1.54, 1.807) is 0 Å². The van der Waals surface area contributed by atoms with Crippen LogP contribution in [0.3, 0.4) is 0 Å². The Bertz CT molecular complexity index is 604. The lowest BCUT2D eigenvalue weighted by molar-refractivity contribution is -0.385. The van der Waals surface area contributed by atoms with Gasteiger partial charge in [-0.15, -0.1) is 0 Å². The molecule has 7 nitrogen and oxygen atoms in total. The summed E-state index contributed by atoms with van der Waals surface area (Å²) in [7, 11) is 0. The summed E-state index contributed by atoms with van der Waals surface area (Å²) in [5.41, 5.74) is -0.520. The van der Waals surface area contributed by atoms with E-state index in [-0.39, 0.29) is 17.7 Å². The zero-order chi connectivity index (χ0) is 15.7. The van der Waals surface area contributed by atoms with E-state index in [4.69, 9.17) is 4.74 Å². The lowest BCUT2D eigenvalue weighted by Crippen LogP contribution is -2.45. The van der Waals surface area contributed by atoms with Crippen LogP contribution in [0.4, 0.5) is 5.69 Å². The van der Waals surface area contributed by atoms with Crippen molar-refractivity contribution in [3.05, 3.63) is 33.9 Å². The molecule has 1 heterocycles. The van der Waals surface area contributed by atoms with E-state index in [2.05, 4.69) is 5.32 Å². The summed E-state index contributed by atoms with van der Waals surface area (Å²) in [5.74, 6) is -0.766. The fraction of sp³-hybridized carbons (Fsp3) is 0.533. The van der Waals surface area contributed by atoms with Crippen LogP contribution < -0.4 is 5.32 Å². The Morgan fingerprint density at radius 1 is 1.36 bits per heavy atom. The van der Waals surface area contributed by atoms with Crippen LogP contribution in [0.25, 0.3) is 0 Å². The van der Waals surface area contributed by atoms with Crippen LogP contribution in [-0.4, -0.2) is 34.7 Å². The quantitative estimate of drug-likeness (QED) is 0.657. The van der Waals surface area contributed by atoms with E-state index in [1.807, 2.05) is 0 Å². The summed E-state index contributed by atoms with van der Waals surface area (Å²) in [6.07, 6.45) is 3.96. The number of nitro groups is 1. The van der Waals surface area contributed by atoms with E-state index in [1.165, 1.54) is 18.2 Å². The number of fused-ring (bicyclic) bond motifs is 1. The van der Waals surface area contributed by atoms with Gasteiger partial charge in [0, 0.05) is 24.6 Å². The van der Waals surface area contributed by atoms with Crippen molar-refractivity contribution in [3.8, 4) is 5.75 Å². The number of hydrogen-bond donors (Lipinski definition) is 2. The topological polar surface area (TPSA) is 102 Å². The number of rotatable bonds is 3. The fourth-order valence-corrected chi connectivity index (χ4v) is 3.46. The average Bonchev–Trinajstić information content (AvgIpc) is 2.96. The molecule has 1 aliphatic heterocycles. The van der Waals surface area contributed by atoms with Crippen LogP contribution in [0, 0.1) is 16.0 Å². The molecule has 0 unspecified atom stereocenters. The first-order valence-corrected chi connectivity index (χ1v) is 7.46. The first-order valence-electron chi connectivity index (χ1n) is 7.46. The van der Waals surface area contributed by atoms with Crippen molar-refractivity contribution in [1.82, 2.24) is 5.32 Å². The number of nitrogens with zero attached hydrogens (tertiary/aromatic N) is 1. The minimum atomic E-state index is -0.701. The molecule has 0 bridgehead atoms. The first-order chi connectivity index (χ1) is 10.6. The number of para-hydroxylation sites is 1. The van der Waals surface area contributed by atoms with Crippen molar-refractivity contribution < 1.29 is 19.6 Å². The SMILES string of the molecule is O=C(N[C@@H]1CCC[C@@H]2OCC[C@H]21)c1cccc([N+](=O)[O-])c1O. The van der Waals surface area contributed by atoms with Crippen LogP contribution in [0.5, 0.6) is 5.75 Å². The molecular formula is C15H18N2O5. The van der Waals surface area contributed by atoms with Crippen LogP contribution in [0.1, 0.15) is 36.0 Å². The summed E-state index contributed by atoms with van der Waals surface area (Å²) in [4.78, 5) is 22.5. The van der Waals surface area contributed by atoms with Crippen LogP contribution in [-0.2, 0) is 4.74 Å². The van der Waals surface area contributed by atoms with Crippen LogP contribution >= 0.6 is 0 Å². The molecule has 0 aromatic heterocycles. The standard InChI is InChI=1S/C15H18N2O5/c18-14-10(3-1-5-12(14)17(20)21)15(19)16-11-4-2-6-13-9(11)7-8-22-13/h1,3,5,9,11,13,18H,2,4,6-8H2,(H,16,19)/t9-,11+,13-/m0/s1. The second-order valence-electron chi connectivity index (χ2n) is 5.80. The lowest BCUT2D eigenvalue weighted by atomic mass is 9.81. The maximum atomic E-state index is 12.4. The number of nitrogens with one attached hydrogen (secondary N) is 1. The Morgan fingerprint density at radius 3 is 2.95 bits per heavy atom. The Morgan fingerprint density at radius 2 is 2.18 bits per heavy atom. The average molecular weight is 306 g/mol. The Balaban J connectivity index is 1.77. The van der Waals surface area contributed by atoms with Gasteiger partial charge in [-0.05, 0) is 31.7 Å². The summed E-state index contributed by atoms with van der Waals surface area (Å²) in [6, 6.07) is 3.96. The van der Waals surface area contributed by atoms with Gasteiger partial charge in [0.15, 0.2) is 0 Å². The molecule has 3 rings (SSSR count). The minimum Gasteiger partial charge on any atom is -0.502 e. The van der Waals surface area contributed by atoms with Gasteiger partial charge in [-0.1, -0.05) is 6.07 Å². The Labute approximate surface area is 127 Å². The summed E-state index contributed by atoms with van der Waals surface area (Å²) < 4.78 is 5.66. The van der Waals surface area contributed by atoms with E-state index in [9.17, 15) is 20.0 Å². The van der Waals surface area contributed by atoms with Crippen molar-refractivity contribution in [2.24, 2.45) is 5.92 Å². The summed E-state index contributed by atoms with van der Waals surface area (Å²) in [5, 5.41) is 23.7. The van der Waals surface area contributed by atoms with E-state index < -0.39 is 22.3 Å². The van der Waals surface area contributed by atoms with Crippen molar-refractivity contribution >= 4 is 11.6 Å². The van der Waals surface area contributed by atoms with Crippen molar-refractivity contribution in [1.29, 1.82) is 0 Å². The molecule has 1 aromatic carbocycles. The molecule has 2 fully saturated rings. The third-order valence-electron chi connectivity index (χ3n) is 4.55. The molecule has 1 aliphatic carbocycles. The van der Waals surface area contributed by atoms with Gasteiger partial charge in [0.2, 0.25) is 5.75 Å². The number of nitro benzene ring substituents is 1. The molecule has 7 heteroatoms. The van der Waals surface area contributed by atoms with Crippen molar-refractivity contribution in [2.45, 2.75) is 37.8 Å². The maximum Gasteiger partial charge on any atom is 0.311 e. The molecule has 3 atom stereocenters. The first kappa shape index (κ1) is 14.8. The second kappa shape index (κ2) is 5.92. The molecule has 2 aliphatic rings. The van der Waals surface area contributed by atoms with Crippen LogP contribution in [0.15, 0.2) is 18.2 Å². The van der Waals surface area contributed by atoms with Gasteiger partial charge in [-0.2, -0.15) is 0 Å². The summed E-state index contributed by atoms with van der Waals surface area (Å²) >= 11 is 0. The van der Waals surface area contributed by atoms with Gasteiger partial charge in [-0.25, -0.2) is 0 Å². The molecule has 2 N–H and O–H groups in total. The second-order valence-corrected chi connectivity index (χ2v) is 5.80. The minimum absolute atomic E-state index is 0.00703. The molecule has 1 saturated carbocycles. The number of amides is 1. The molecule has 0 radical (unpaired) electrons. The third kappa shape index (κ3) is 2.64. The number of carbonyl (C=O) groups is 1. The van der Waals surface area contributed by atoms with Crippen LogP contribution in [0.2, 0.25) is 0 Å². The highest BCUT2D eigenvalue weighted by atomic mass is 16.6. The highest BCUT2D eigenvalue weighted by Gasteiger charge is 2.38. The van der Waals surface area contributed by atoms with Gasteiger partial charge in [0.05, 0.1) is 16.6 Å². The predicted molar refractivity (Wildman–Crippen MR) is 77.7 cm³/mol. The molecule has 1 saturated heterocycles. The number of carbonyl (C=O) groups excluding carboxylic acids is 1. The predicted octanol–water partition coefficient (Wildman–Crippen LogP) is 1.99.